The average molecular weight is 436 g/mol. The summed E-state index contributed by atoms with van der Waals surface area (Å²) in [5.74, 6) is 0.503. The maximum Gasteiger partial charge on any atom is 0.328 e. The number of ether oxygens (including phenoxy) is 2. The van der Waals surface area contributed by atoms with Crippen LogP contribution < -0.4 is 26.0 Å². The number of fused-ring (bicyclic) bond motifs is 2. The van der Waals surface area contributed by atoms with E-state index >= 15 is 0 Å². The van der Waals surface area contributed by atoms with Gasteiger partial charge in [-0.1, -0.05) is 29.5 Å². The minimum Gasteiger partial charge on any atom is -0.454 e. The van der Waals surface area contributed by atoms with Crippen molar-refractivity contribution in [1.29, 1.82) is 0 Å². The fourth-order valence-corrected chi connectivity index (χ4v) is 4.28. The minimum absolute atomic E-state index is 0.0216. The summed E-state index contributed by atoms with van der Waals surface area (Å²) in [6.45, 7) is 2.04. The first kappa shape index (κ1) is 19.1. The number of aryl methyl sites for hydroxylation is 1. The van der Waals surface area contributed by atoms with Crippen molar-refractivity contribution in [3.8, 4) is 11.5 Å². The Bertz CT molecular complexity index is 1450. The highest BCUT2D eigenvalue weighted by Gasteiger charge is 2.18. The molecule has 0 unspecified atom stereocenters. The smallest absolute Gasteiger partial charge is 0.328 e. The molecule has 2 N–H and O–H groups in total. The molecular weight excluding hydrogens is 420 g/mol. The fourth-order valence-electron chi connectivity index (χ4n) is 3.34. The normalized spacial score (nSPS) is 12.3. The predicted molar refractivity (Wildman–Crippen MR) is 115 cm³/mol. The molecule has 0 fully saturated rings. The van der Waals surface area contributed by atoms with Crippen LogP contribution in [0.15, 0.2) is 52.2 Å². The van der Waals surface area contributed by atoms with Crippen molar-refractivity contribution in [3.63, 3.8) is 0 Å². The van der Waals surface area contributed by atoms with E-state index in [4.69, 9.17) is 9.47 Å². The Kier molecular flexibility index (Phi) is 4.55. The van der Waals surface area contributed by atoms with Crippen LogP contribution in [0.2, 0.25) is 0 Å². The largest absolute Gasteiger partial charge is 0.454 e. The average Bonchev–Trinajstić information content (AvgIpc) is 3.37. The number of benzene rings is 2. The van der Waals surface area contributed by atoms with Crippen molar-refractivity contribution in [3.05, 3.63) is 80.1 Å². The van der Waals surface area contributed by atoms with Crippen LogP contribution in [0.4, 0.5) is 5.13 Å². The lowest BCUT2D eigenvalue weighted by Crippen LogP contribution is -2.39. The number of anilines is 1. The van der Waals surface area contributed by atoms with Crippen molar-refractivity contribution < 1.29 is 14.3 Å². The molecule has 0 atom stereocenters. The van der Waals surface area contributed by atoms with Crippen LogP contribution in [0.3, 0.4) is 0 Å². The molecule has 2 aromatic carbocycles. The second-order valence-electron chi connectivity index (χ2n) is 6.98. The number of hydrogen-bond donors (Lipinski definition) is 2. The number of amides is 1. The summed E-state index contributed by atoms with van der Waals surface area (Å²) in [6, 6.07) is 10.9. The number of aromatic amines is 1. The Morgan fingerprint density at radius 1 is 1.23 bits per heavy atom. The highest BCUT2D eigenvalue weighted by molar-refractivity contribution is 7.22. The van der Waals surface area contributed by atoms with Gasteiger partial charge in [-0.2, -0.15) is 0 Å². The van der Waals surface area contributed by atoms with Crippen LogP contribution in [0.25, 0.3) is 10.2 Å². The first-order chi connectivity index (χ1) is 15.0. The Morgan fingerprint density at radius 3 is 2.90 bits per heavy atom. The molecule has 0 saturated heterocycles. The zero-order valence-corrected chi connectivity index (χ0v) is 17.1. The lowest BCUT2D eigenvalue weighted by molar-refractivity contribution is 0.102. The molecule has 4 aromatic rings. The van der Waals surface area contributed by atoms with Crippen molar-refractivity contribution in [2.45, 2.75) is 13.5 Å². The number of para-hydroxylation sites is 1. The summed E-state index contributed by atoms with van der Waals surface area (Å²) in [6.07, 6.45) is 1.12. The van der Waals surface area contributed by atoms with Crippen molar-refractivity contribution in [2.24, 2.45) is 0 Å². The fraction of sp³-hybridized carbons (Fsp3) is 0.143. The zero-order chi connectivity index (χ0) is 21.5. The number of thiazole rings is 1. The predicted octanol–water partition coefficient (Wildman–Crippen LogP) is 2.48. The number of hydrogen-bond acceptors (Lipinski definition) is 7. The van der Waals surface area contributed by atoms with Gasteiger partial charge in [0.1, 0.15) is 5.56 Å². The Morgan fingerprint density at radius 2 is 2.06 bits per heavy atom. The molecule has 3 heterocycles. The summed E-state index contributed by atoms with van der Waals surface area (Å²) in [5, 5.41) is 3.03. The van der Waals surface area contributed by atoms with E-state index in [2.05, 4.69) is 15.3 Å². The quantitative estimate of drug-likeness (QED) is 0.508. The van der Waals surface area contributed by atoms with Gasteiger partial charge in [0.15, 0.2) is 16.6 Å². The van der Waals surface area contributed by atoms with Gasteiger partial charge in [-0.3, -0.25) is 19.5 Å². The van der Waals surface area contributed by atoms with Crippen LogP contribution in [-0.4, -0.2) is 27.2 Å². The molecule has 1 aliphatic rings. The molecule has 9 nitrogen and oxygen atoms in total. The molecule has 0 spiro atoms. The first-order valence-electron chi connectivity index (χ1n) is 9.38. The number of aromatic nitrogens is 3. The Hall–Kier alpha value is -3.92. The third-order valence-electron chi connectivity index (χ3n) is 4.92. The molecule has 1 amide bonds. The van der Waals surface area contributed by atoms with Crippen LogP contribution >= 0.6 is 11.3 Å². The maximum absolute atomic E-state index is 12.9. The number of carbonyl (C=O) groups is 1. The van der Waals surface area contributed by atoms with Crippen LogP contribution in [0, 0.1) is 6.92 Å². The van der Waals surface area contributed by atoms with Gasteiger partial charge in [0, 0.05) is 6.20 Å². The third kappa shape index (κ3) is 3.46. The monoisotopic (exact) mass is 436 g/mol. The van der Waals surface area contributed by atoms with Crippen LogP contribution in [0.1, 0.15) is 21.5 Å². The molecule has 0 saturated carbocycles. The van der Waals surface area contributed by atoms with E-state index in [9.17, 15) is 14.4 Å². The molecule has 0 aliphatic carbocycles. The van der Waals surface area contributed by atoms with Gasteiger partial charge in [0.25, 0.3) is 11.5 Å². The molecule has 5 rings (SSSR count). The van der Waals surface area contributed by atoms with Crippen LogP contribution in [0.5, 0.6) is 11.5 Å². The van der Waals surface area contributed by atoms with Gasteiger partial charge in [-0.15, -0.1) is 0 Å². The number of carbonyl (C=O) groups excluding carboxylic acids is 1. The number of nitrogens with one attached hydrogen (secondary N) is 2. The van der Waals surface area contributed by atoms with Crippen LogP contribution in [-0.2, 0) is 6.54 Å². The first-order valence-corrected chi connectivity index (χ1v) is 10.2. The van der Waals surface area contributed by atoms with Gasteiger partial charge in [0.2, 0.25) is 6.79 Å². The zero-order valence-electron chi connectivity index (χ0n) is 16.3. The van der Waals surface area contributed by atoms with Crippen molar-refractivity contribution in [1.82, 2.24) is 14.5 Å². The van der Waals surface area contributed by atoms with Gasteiger partial charge in [0.05, 0.1) is 16.8 Å². The van der Waals surface area contributed by atoms with Gasteiger partial charge in [-0.05, 0) is 36.2 Å². The molecule has 10 heteroatoms. The maximum atomic E-state index is 12.9. The van der Waals surface area contributed by atoms with E-state index in [1.165, 1.54) is 11.3 Å². The molecule has 31 heavy (non-hydrogen) atoms. The lowest BCUT2D eigenvalue weighted by Gasteiger charge is -2.08. The molecular formula is C21H16N4O5S. The molecule has 156 valence electrons. The van der Waals surface area contributed by atoms with E-state index in [1.54, 1.807) is 18.2 Å². The number of rotatable bonds is 4. The molecule has 2 aromatic heterocycles. The molecule has 0 radical (unpaired) electrons. The van der Waals surface area contributed by atoms with Crippen molar-refractivity contribution in [2.75, 3.05) is 12.1 Å². The molecule has 0 bridgehead atoms. The van der Waals surface area contributed by atoms with Gasteiger partial charge < -0.3 is 14.5 Å². The minimum atomic E-state index is -0.698. The standard InChI is InChI=1S/C21H16N4O5S/c1-11-3-2-4-16-17(11)23-20(31-16)24-18(26)13-8-22-21(28)25(19(13)27)9-12-5-6-14-15(7-12)30-10-29-14/h2-8H,9-10H2,1H3,(H,22,28)(H,23,24,26). The SMILES string of the molecule is Cc1cccc2sc(NC(=O)c3c[nH]c(=O)n(Cc4ccc5c(c4)OCO5)c3=O)nc12. The second kappa shape index (κ2) is 7.40. The number of H-pyrrole nitrogens is 1. The van der Waals surface area contributed by atoms with Crippen molar-refractivity contribution >= 4 is 32.6 Å². The Balaban J connectivity index is 1.44. The van der Waals surface area contributed by atoms with E-state index in [-0.39, 0.29) is 18.9 Å². The highest BCUT2D eigenvalue weighted by atomic mass is 32.1. The van der Waals surface area contributed by atoms with E-state index in [0.717, 1.165) is 26.5 Å². The number of nitrogens with zero attached hydrogens (tertiary/aromatic N) is 2. The second-order valence-corrected chi connectivity index (χ2v) is 8.01. The lowest BCUT2D eigenvalue weighted by atomic mass is 10.2. The highest BCUT2D eigenvalue weighted by Crippen LogP contribution is 2.32. The summed E-state index contributed by atoms with van der Waals surface area (Å²) in [5.41, 5.74) is 0.951. The van der Waals surface area contributed by atoms with E-state index in [1.807, 2.05) is 25.1 Å². The summed E-state index contributed by atoms with van der Waals surface area (Å²) < 4.78 is 12.5. The summed E-state index contributed by atoms with van der Waals surface area (Å²) in [7, 11) is 0. The summed E-state index contributed by atoms with van der Waals surface area (Å²) >= 11 is 1.31. The van der Waals surface area contributed by atoms with E-state index < -0.39 is 17.2 Å². The van der Waals surface area contributed by atoms with Gasteiger partial charge in [-0.25, -0.2) is 9.78 Å². The topological polar surface area (TPSA) is 115 Å². The summed E-state index contributed by atoms with van der Waals surface area (Å²) in [4.78, 5) is 44.8. The van der Waals surface area contributed by atoms with Gasteiger partial charge >= 0.3 is 5.69 Å². The third-order valence-corrected chi connectivity index (χ3v) is 5.86. The Labute approximate surface area is 178 Å². The van der Waals surface area contributed by atoms with E-state index in [0.29, 0.717) is 22.2 Å². The molecule has 1 aliphatic heterocycles.